The number of nitrogens with zero attached hydrogens (tertiary/aromatic N) is 1. The van der Waals surface area contributed by atoms with Gasteiger partial charge in [0.1, 0.15) is 13.2 Å². The molecule has 1 atom stereocenters. The fraction of sp³-hybridized carbons (Fsp3) is 0.333. The predicted octanol–water partition coefficient (Wildman–Crippen LogP) is 5.02. The number of hydrogen-bond acceptors (Lipinski definition) is 4. The molecule has 2 aromatic rings. The Balaban J connectivity index is 2.68. The van der Waals surface area contributed by atoms with Crippen LogP contribution in [0.25, 0.3) is 0 Å². The molecule has 0 bridgehead atoms. The lowest BCUT2D eigenvalue weighted by molar-refractivity contribution is -0.582. The van der Waals surface area contributed by atoms with E-state index in [4.69, 9.17) is 9.47 Å². The molecule has 0 saturated carbocycles. The zero-order valence-corrected chi connectivity index (χ0v) is 14.6. The molecule has 0 amide bonds. The second-order valence-electron chi connectivity index (χ2n) is 5.94. The van der Waals surface area contributed by atoms with Gasteiger partial charge in [-0.3, -0.25) is 10.1 Å². The summed E-state index contributed by atoms with van der Waals surface area (Å²) in [5.41, 5.74) is -0.551. The van der Waals surface area contributed by atoms with E-state index in [2.05, 4.69) is 0 Å². The summed E-state index contributed by atoms with van der Waals surface area (Å²) in [4.78, 5) is 10.8. The highest BCUT2D eigenvalue weighted by molar-refractivity contribution is 5.28. The van der Waals surface area contributed by atoms with E-state index in [1.54, 1.807) is 0 Å². The first-order valence-electron chi connectivity index (χ1n) is 8.10. The first-order valence-corrected chi connectivity index (χ1v) is 8.10. The maximum Gasteiger partial charge on any atom is 0.411 e. The normalized spacial score (nSPS) is 13.9. The van der Waals surface area contributed by atoms with Crippen LogP contribution in [0, 0.1) is 10.1 Å². The monoisotopic (exact) mass is 423 g/mol. The second kappa shape index (κ2) is 8.78. The molecule has 0 fully saturated rings. The van der Waals surface area contributed by atoms with E-state index in [1.165, 1.54) is 48.5 Å². The molecule has 0 spiro atoms. The van der Waals surface area contributed by atoms with E-state index in [0.29, 0.717) is 0 Å². The van der Waals surface area contributed by atoms with Crippen molar-refractivity contribution < 1.29 is 40.7 Å². The molecule has 2 aromatic carbocycles. The Morgan fingerprint density at radius 1 is 0.793 bits per heavy atom. The van der Waals surface area contributed by atoms with Crippen LogP contribution in [0.2, 0.25) is 0 Å². The van der Waals surface area contributed by atoms with Crippen molar-refractivity contribution in [2.45, 2.75) is 24.2 Å². The maximum atomic E-state index is 12.9. The first-order chi connectivity index (χ1) is 13.4. The Labute approximate surface area is 161 Å². The highest BCUT2D eigenvalue weighted by atomic mass is 19.4. The molecule has 1 unspecified atom stereocenters. The first kappa shape index (κ1) is 22.6. The van der Waals surface area contributed by atoms with Gasteiger partial charge in [-0.15, -0.1) is 0 Å². The number of rotatable bonds is 8. The van der Waals surface area contributed by atoms with E-state index in [0.717, 1.165) is 12.1 Å². The minimum absolute atomic E-state index is 0.189. The van der Waals surface area contributed by atoms with E-state index < -0.39 is 42.3 Å². The molecule has 29 heavy (non-hydrogen) atoms. The number of ether oxygens (including phenoxy) is 2. The molecule has 0 aliphatic heterocycles. The van der Waals surface area contributed by atoms with Crippen LogP contribution in [0.5, 0.6) is 0 Å². The van der Waals surface area contributed by atoms with Gasteiger partial charge in [0, 0.05) is 16.1 Å². The van der Waals surface area contributed by atoms with Crippen LogP contribution in [0.15, 0.2) is 60.7 Å². The molecule has 0 aromatic heterocycles. The van der Waals surface area contributed by atoms with Crippen LogP contribution in [-0.2, 0) is 15.3 Å². The third-order valence-corrected chi connectivity index (χ3v) is 3.76. The van der Waals surface area contributed by atoms with E-state index in [1.807, 2.05) is 0 Å². The van der Waals surface area contributed by atoms with Crippen molar-refractivity contribution in [1.82, 2.24) is 0 Å². The van der Waals surface area contributed by atoms with E-state index in [9.17, 15) is 36.5 Å². The fourth-order valence-corrected chi connectivity index (χ4v) is 2.69. The molecular formula is C18H15F6NO4. The zero-order valence-electron chi connectivity index (χ0n) is 14.6. The smallest absolute Gasteiger partial charge is 0.331 e. The Morgan fingerprint density at radius 2 is 1.21 bits per heavy atom. The van der Waals surface area contributed by atoms with Crippen molar-refractivity contribution in [1.29, 1.82) is 0 Å². The van der Waals surface area contributed by atoms with Crippen LogP contribution in [-0.4, -0.2) is 30.5 Å². The van der Waals surface area contributed by atoms with Crippen molar-refractivity contribution >= 4 is 0 Å². The summed E-state index contributed by atoms with van der Waals surface area (Å²) in [6.07, 6.45) is -9.95. The van der Waals surface area contributed by atoms with Gasteiger partial charge in [0.2, 0.25) is 0 Å². The van der Waals surface area contributed by atoms with Crippen molar-refractivity contribution in [3.63, 3.8) is 0 Å². The van der Waals surface area contributed by atoms with Crippen LogP contribution in [0.4, 0.5) is 26.3 Å². The molecule has 0 N–H and O–H groups in total. The van der Waals surface area contributed by atoms with Gasteiger partial charge in [0.25, 0.3) is 11.8 Å². The Hall–Kier alpha value is -2.66. The highest BCUT2D eigenvalue weighted by Crippen LogP contribution is 2.44. The minimum atomic E-state index is -4.97. The van der Waals surface area contributed by atoms with Crippen LogP contribution < -0.4 is 0 Å². The van der Waals surface area contributed by atoms with Crippen LogP contribution in [0.1, 0.15) is 17.2 Å². The van der Waals surface area contributed by atoms with Gasteiger partial charge >= 0.3 is 12.4 Å². The van der Waals surface area contributed by atoms with Gasteiger partial charge in [0.05, 0.1) is 0 Å². The largest absolute Gasteiger partial charge is 0.411 e. The predicted molar refractivity (Wildman–Crippen MR) is 88.3 cm³/mol. The topological polar surface area (TPSA) is 61.6 Å². The van der Waals surface area contributed by atoms with Crippen molar-refractivity contribution in [2.75, 3.05) is 13.2 Å². The SMILES string of the molecule is O=[N+]([O-])C(c1ccccc1)C(OCC(F)(F)F)(OCC(F)(F)F)c1ccccc1. The van der Waals surface area contributed by atoms with Gasteiger partial charge in [-0.1, -0.05) is 60.7 Å². The number of alkyl halides is 6. The molecule has 5 nitrogen and oxygen atoms in total. The van der Waals surface area contributed by atoms with Gasteiger partial charge in [-0.25, -0.2) is 0 Å². The minimum Gasteiger partial charge on any atom is -0.331 e. The summed E-state index contributed by atoms with van der Waals surface area (Å²) >= 11 is 0. The molecule has 0 radical (unpaired) electrons. The summed E-state index contributed by atoms with van der Waals surface area (Å²) in [5.74, 6) is -2.99. The lowest BCUT2D eigenvalue weighted by atomic mass is 9.92. The van der Waals surface area contributed by atoms with Crippen molar-refractivity contribution in [3.8, 4) is 0 Å². The Morgan fingerprint density at radius 3 is 1.59 bits per heavy atom. The third-order valence-electron chi connectivity index (χ3n) is 3.76. The van der Waals surface area contributed by atoms with Gasteiger partial charge in [0.15, 0.2) is 0 Å². The molecular weight excluding hydrogens is 408 g/mol. The van der Waals surface area contributed by atoms with Crippen LogP contribution >= 0.6 is 0 Å². The lowest BCUT2D eigenvalue weighted by Crippen LogP contribution is -2.46. The summed E-state index contributed by atoms with van der Waals surface area (Å²) in [6.45, 7) is -4.12. The van der Waals surface area contributed by atoms with Crippen molar-refractivity contribution in [3.05, 3.63) is 81.9 Å². The maximum absolute atomic E-state index is 12.9. The molecule has 0 aliphatic rings. The average Bonchev–Trinajstić information content (AvgIpc) is 2.64. The number of hydrogen-bond donors (Lipinski definition) is 0. The quantitative estimate of drug-likeness (QED) is 0.259. The van der Waals surface area contributed by atoms with Gasteiger partial charge < -0.3 is 9.47 Å². The molecule has 0 aliphatic carbocycles. The standard InChI is InChI=1S/C18H15F6NO4/c19-16(20,21)11-28-18(29-12-17(22,23)24,14-9-5-2-6-10-14)15(25(26)27)13-7-3-1-4-8-13/h1-10,15H,11-12H2. The molecule has 0 heterocycles. The fourth-order valence-electron chi connectivity index (χ4n) is 2.69. The summed E-state index contributed by atoms with van der Waals surface area (Å²) in [7, 11) is 0. The van der Waals surface area contributed by atoms with Gasteiger partial charge in [-0.05, 0) is 0 Å². The molecule has 158 valence electrons. The highest BCUT2D eigenvalue weighted by Gasteiger charge is 2.55. The van der Waals surface area contributed by atoms with E-state index >= 15 is 0 Å². The van der Waals surface area contributed by atoms with Gasteiger partial charge in [-0.2, -0.15) is 26.3 Å². The number of halogens is 6. The van der Waals surface area contributed by atoms with Crippen molar-refractivity contribution in [2.24, 2.45) is 0 Å². The number of benzene rings is 2. The third kappa shape index (κ3) is 6.16. The molecule has 2 rings (SSSR count). The molecule has 11 heteroatoms. The Bertz CT molecular complexity index is 777. The van der Waals surface area contributed by atoms with Crippen LogP contribution in [0.3, 0.4) is 0 Å². The lowest BCUT2D eigenvalue weighted by Gasteiger charge is -2.36. The number of nitro groups is 1. The Kier molecular flexibility index (Phi) is 6.85. The van der Waals surface area contributed by atoms with E-state index in [-0.39, 0.29) is 11.1 Å². The summed E-state index contributed by atoms with van der Waals surface area (Å²) in [5, 5.41) is 11.9. The zero-order chi connectivity index (χ0) is 21.7. The second-order valence-corrected chi connectivity index (χ2v) is 5.94. The average molecular weight is 423 g/mol. The summed E-state index contributed by atoms with van der Waals surface area (Å²) in [6, 6.07) is 10.6. The summed E-state index contributed by atoms with van der Waals surface area (Å²) < 4.78 is 86.8. The molecule has 0 saturated heterocycles.